The average Bonchev–Trinajstić information content (AvgIpc) is 2.71. The first kappa shape index (κ1) is 15.1. The molecule has 98 valence electrons. The lowest BCUT2D eigenvalue weighted by atomic mass is 10.5. The number of nitrogens with zero attached hydrogens (tertiary/aromatic N) is 1. The summed E-state index contributed by atoms with van der Waals surface area (Å²) in [5.74, 6) is 0. The highest BCUT2D eigenvalue weighted by atomic mass is 79.9. The molecule has 0 saturated carbocycles. The van der Waals surface area contributed by atoms with E-state index in [4.69, 9.17) is 4.74 Å². The largest absolute Gasteiger partial charge is 0.383 e. The molecule has 1 aromatic heterocycles. The number of hydrogen-bond acceptors (Lipinski definition) is 4. The molecule has 0 aliphatic carbocycles. The Morgan fingerprint density at radius 1 is 1.41 bits per heavy atom. The monoisotopic (exact) mass is 341 g/mol. The molecule has 0 spiro atoms. The Hall–Kier alpha value is 0.0500. The summed E-state index contributed by atoms with van der Waals surface area (Å²) in [5.41, 5.74) is 0. The molecule has 0 amide bonds. The minimum absolute atomic E-state index is 0.376. The summed E-state index contributed by atoms with van der Waals surface area (Å²) in [4.78, 5) is 0.995. The molecular weight excluding hydrogens is 326 g/mol. The summed E-state index contributed by atoms with van der Waals surface area (Å²) < 4.78 is 31.4. The first-order valence-electron chi connectivity index (χ1n) is 5.14. The van der Waals surface area contributed by atoms with Crippen molar-refractivity contribution in [1.82, 2.24) is 4.31 Å². The Balaban J connectivity index is 2.91. The van der Waals surface area contributed by atoms with Crippen LogP contribution in [0.2, 0.25) is 0 Å². The zero-order valence-electron chi connectivity index (χ0n) is 9.85. The van der Waals surface area contributed by atoms with Gasteiger partial charge in [-0.1, -0.05) is 15.9 Å². The van der Waals surface area contributed by atoms with Gasteiger partial charge in [0.05, 0.1) is 6.61 Å². The summed E-state index contributed by atoms with van der Waals surface area (Å²) in [6.07, 6.45) is 0. The van der Waals surface area contributed by atoms with Crippen molar-refractivity contribution >= 4 is 37.3 Å². The van der Waals surface area contributed by atoms with Crippen LogP contribution >= 0.6 is 27.3 Å². The lowest BCUT2D eigenvalue weighted by Gasteiger charge is -2.19. The SMILES string of the molecule is COCCN(CCBr)S(=O)(=O)c1ccc(C)s1. The van der Waals surface area contributed by atoms with Gasteiger partial charge in [-0.3, -0.25) is 0 Å². The molecule has 0 aromatic carbocycles. The zero-order chi connectivity index (χ0) is 12.9. The predicted octanol–water partition coefficient (Wildman–Crippen LogP) is 2.09. The third kappa shape index (κ3) is 4.03. The van der Waals surface area contributed by atoms with E-state index < -0.39 is 10.0 Å². The fraction of sp³-hybridized carbons (Fsp3) is 0.600. The maximum absolute atomic E-state index is 12.3. The maximum Gasteiger partial charge on any atom is 0.252 e. The summed E-state index contributed by atoms with van der Waals surface area (Å²) >= 11 is 4.57. The predicted molar refractivity (Wildman–Crippen MR) is 73.5 cm³/mol. The summed E-state index contributed by atoms with van der Waals surface area (Å²) in [5, 5.41) is 0.611. The van der Waals surface area contributed by atoms with Gasteiger partial charge in [-0.25, -0.2) is 8.42 Å². The van der Waals surface area contributed by atoms with Crippen LogP contribution in [-0.4, -0.2) is 44.9 Å². The second-order valence-corrected chi connectivity index (χ2v) is 7.70. The van der Waals surface area contributed by atoms with E-state index in [9.17, 15) is 8.42 Å². The van der Waals surface area contributed by atoms with Crippen LogP contribution in [0.15, 0.2) is 16.3 Å². The summed E-state index contributed by atoms with van der Waals surface area (Å²) in [7, 11) is -1.81. The molecule has 7 heteroatoms. The van der Waals surface area contributed by atoms with Crippen LogP contribution < -0.4 is 0 Å². The van der Waals surface area contributed by atoms with Crippen LogP contribution in [0, 0.1) is 6.92 Å². The van der Waals surface area contributed by atoms with Gasteiger partial charge in [0.15, 0.2) is 0 Å². The molecule has 1 rings (SSSR count). The Labute approximate surface area is 115 Å². The number of methoxy groups -OCH3 is 1. The van der Waals surface area contributed by atoms with Gasteiger partial charge >= 0.3 is 0 Å². The van der Waals surface area contributed by atoms with Crippen LogP contribution in [-0.2, 0) is 14.8 Å². The van der Waals surface area contributed by atoms with Gasteiger partial charge in [0.2, 0.25) is 0 Å². The number of halogens is 1. The highest BCUT2D eigenvalue weighted by Gasteiger charge is 2.24. The lowest BCUT2D eigenvalue weighted by Crippen LogP contribution is -2.35. The molecule has 0 aliphatic rings. The van der Waals surface area contributed by atoms with Gasteiger partial charge in [-0.15, -0.1) is 11.3 Å². The van der Waals surface area contributed by atoms with E-state index in [1.807, 2.05) is 13.0 Å². The number of alkyl halides is 1. The quantitative estimate of drug-likeness (QED) is 0.713. The fourth-order valence-corrected chi connectivity index (χ4v) is 4.84. The highest BCUT2D eigenvalue weighted by molar-refractivity contribution is 9.09. The number of thiophene rings is 1. The van der Waals surface area contributed by atoms with Gasteiger partial charge in [-0.05, 0) is 19.1 Å². The molecule has 0 atom stereocenters. The van der Waals surface area contributed by atoms with Gasteiger partial charge < -0.3 is 4.74 Å². The minimum atomic E-state index is -3.37. The van der Waals surface area contributed by atoms with Crippen molar-refractivity contribution in [3.05, 3.63) is 17.0 Å². The Bertz CT molecular complexity index is 444. The van der Waals surface area contributed by atoms with Crippen molar-refractivity contribution in [2.24, 2.45) is 0 Å². The van der Waals surface area contributed by atoms with Crippen molar-refractivity contribution in [3.63, 3.8) is 0 Å². The van der Waals surface area contributed by atoms with Crippen LogP contribution in [0.25, 0.3) is 0 Å². The van der Waals surface area contributed by atoms with Crippen molar-refractivity contribution in [2.75, 3.05) is 32.1 Å². The lowest BCUT2D eigenvalue weighted by molar-refractivity contribution is 0.181. The van der Waals surface area contributed by atoms with E-state index in [1.54, 1.807) is 13.2 Å². The van der Waals surface area contributed by atoms with Crippen LogP contribution in [0.3, 0.4) is 0 Å². The summed E-state index contributed by atoms with van der Waals surface area (Å²) in [6, 6.07) is 3.48. The number of aryl methyl sites for hydroxylation is 1. The van der Waals surface area contributed by atoms with Crippen LogP contribution in [0.1, 0.15) is 4.88 Å². The van der Waals surface area contributed by atoms with Crippen molar-refractivity contribution in [2.45, 2.75) is 11.1 Å². The van der Waals surface area contributed by atoms with Crippen LogP contribution in [0.5, 0.6) is 0 Å². The van der Waals surface area contributed by atoms with Gasteiger partial charge in [0.25, 0.3) is 10.0 Å². The number of rotatable bonds is 7. The van der Waals surface area contributed by atoms with E-state index in [2.05, 4.69) is 15.9 Å². The molecule has 0 saturated heterocycles. The minimum Gasteiger partial charge on any atom is -0.383 e. The molecule has 17 heavy (non-hydrogen) atoms. The smallest absolute Gasteiger partial charge is 0.252 e. The molecule has 0 fully saturated rings. The number of sulfonamides is 1. The molecule has 1 heterocycles. The van der Waals surface area contributed by atoms with E-state index in [-0.39, 0.29) is 0 Å². The van der Waals surface area contributed by atoms with Gasteiger partial charge in [-0.2, -0.15) is 4.31 Å². The first-order valence-corrected chi connectivity index (χ1v) is 8.51. The Morgan fingerprint density at radius 3 is 2.59 bits per heavy atom. The normalized spacial score (nSPS) is 12.2. The Kier molecular flexibility index (Phi) is 6.08. The molecule has 0 N–H and O–H groups in total. The zero-order valence-corrected chi connectivity index (χ0v) is 13.1. The van der Waals surface area contributed by atoms with E-state index in [0.717, 1.165) is 4.88 Å². The number of ether oxygens (including phenoxy) is 1. The molecule has 1 aromatic rings. The Morgan fingerprint density at radius 2 is 2.12 bits per heavy atom. The van der Waals surface area contributed by atoms with Crippen molar-refractivity contribution < 1.29 is 13.2 Å². The second kappa shape index (κ2) is 6.84. The number of hydrogen-bond donors (Lipinski definition) is 0. The first-order chi connectivity index (χ1) is 8.02. The third-order valence-corrected chi connectivity index (χ3v) is 5.91. The molecule has 4 nitrogen and oxygen atoms in total. The van der Waals surface area contributed by atoms with E-state index >= 15 is 0 Å². The average molecular weight is 342 g/mol. The highest BCUT2D eigenvalue weighted by Crippen LogP contribution is 2.24. The van der Waals surface area contributed by atoms with Crippen LogP contribution in [0.4, 0.5) is 0 Å². The molecular formula is C10H16BrNO3S2. The maximum atomic E-state index is 12.3. The molecule has 0 unspecified atom stereocenters. The van der Waals surface area contributed by atoms with Crippen molar-refractivity contribution in [1.29, 1.82) is 0 Å². The molecule has 0 radical (unpaired) electrons. The van der Waals surface area contributed by atoms with E-state index in [0.29, 0.717) is 29.2 Å². The standard InChI is InChI=1S/C10H16BrNO3S2/c1-9-3-4-10(16-9)17(13,14)12(6-5-11)7-8-15-2/h3-4H,5-8H2,1-2H3. The fourth-order valence-electron chi connectivity index (χ4n) is 1.32. The second-order valence-electron chi connectivity index (χ2n) is 3.45. The van der Waals surface area contributed by atoms with Gasteiger partial charge in [0.1, 0.15) is 4.21 Å². The molecule has 0 aliphatic heterocycles. The topological polar surface area (TPSA) is 46.6 Å². The van der Waals surface area contributed by atoms with Gasteiger partial charge in [0, 0.05) is 30.4 Å². The summed E-state index contributed by atoms with van der Waals surface area (Å²) in [6.45, 7) is 3.12. The molecule has 0 bridgehead atoms. The van der Waals surface area contributed by atoms with E-state index in [1.165, 1.54) is 15.6 Å². The van der Waals surface area contributed by atoms with Crippen molar-refractivity contribution in [3.8, 4) is 0 Å². The third-order valence-electron chi connectivity index (χ3n) is 2.19.